The zero-order valence-electron chi connectivity index (χ0n) is 10.1. The van der Waals surface area contributed by atoms with Crippen LogP contribution in [0.2, 0.25) is 5.02 Å². The Morgan fingerprint density at radius 2 is 2.11 bits per heavy atom. The van der Waals surface area contributed by atoms with Crippen molar-refractivity contribution >= 4 is 39.9 Å². The molecule has 0 saturated heterocycles. The van der Waals surface area contributed by atoms with E-state index in [-0.39, 0.29) is 16.6 Å². The van der Waals surface area contributed by atoms with Crippen molar-refractivity contribution in [2.24, 2.45) is 0 Å². The Hall–Kier alpha value is -2.14. The van der Waals surface area contributed by atoms with Crippen molar-refractivity contribution in [2.45, 2.75) is 13.3 Å². The normalized spacial score (nSPS) is 10.4. The van der Waals surface area contributed by atoms with E-state index in [1.807, 2.05) is 0 Å². The predicted octanol–water partition coefficient (Wildman–Crippen LogP) is 2.93. The van der Waals surface area contributed by atoms with E-state index in [4.69, 9.17) is 16.7 Å². The molecule has 0 aliphatic rings. The first-order valence-electron chi connectivity index (χ1n) is 5.65. The van der Waals surface area contributed by atoms with Crippen molar-refractivity contribution in [2.75, 3.05) is 5.32 Å². The molecule has 1 aromatic carbocycles. The number of carboxylic acids is 1. The third-order valence-electron chi connectivity index (χ3n) is 2.67. The Labute approximate surface area is 114 Å². The molecule has 6 heteroatoms. The van der Waals surface area contributed by atoms with E-state index >= 15 is 0 Å². The molecule has 0 saturated carbocycles. The fraction of sp³-hybridized carbons (Fsp3) is 0.154. The predicted molar refractivity (Wildman–Crippen MR) is 72.6 cm³/mol. The Bertz CT molecular complexity index is 670. The van der Waals surface area contributed by atoms with Gasteiger partial charge in [0.2, 0.25) is 5.91 Å². The van der Waals surface area contributed by atoms with Crippen LogP contribution >= 0.6 is 11.6 Å². The highest BCUT2D eigenvalue weighted by Gasteiger charge is 2.15. The number of aromatic carboxylic acids is 1. The van der Waals surface area contributed by atoms with Crippen molar-refractivity contribution < 1.29 is 14.7 Å². The minimum absolute atomic E-state index is 0.130. The van der Waals surface area contributed by atoms with E-state index in [0.29, 0.717) is 22.9 Å². The number of rotatable bonds is 3. The molecule has 2 aromatic rings. The van der Waals surface area contributed by atoms with Crippen LogP contribution in [0.3, 0.4) is 0 Å². The fourth-order valence-corrected chi connectivity index (χ4v) is 2.02. The number of aromatic nitrogens is 1. The molecule has 5 nitrogen and oxygen atoms in total. The minimum Gasteiger partial charge on any atom is -0.476 e. The first kappa shape index (κ1) is 13.3. The molecule has 0 atom stereocenters. The summed E-state index contributed by atoms with van der Waals surface area (Å²) < 4.78 is 0. The van der Waals surface area contributed by atoms with Gasteiger partial charge in [0, 0.05) is 29.1 Å². The summed E-state index contributed by atoms with van der Waals surface area (Å²) in [6.07, 6.45) is 1.71. The quantitative estimate of drug-likeness (QED) is 0.905. The smallest absolute Gasteiger partial charge is 0.355 e. The monoisotopic (exact) mass is 278 g/mol. The van der Waals surface area contributed by atoms with Gasteiger partial charge in [0.25, 0.3) is 0 Å². The molecule has 0 unspecified atom stereocenters. The van der Waals surface area contributed by atoms with Crippen LogP contribution in [0.4, 0.5) is 5.69 Å². The number of nitrogens with zero attached hydrogens (tertiary/aromatic N) is 1. The van der Waals surface area contributed by atoms with Crippen LogP contribution in [0.25, 0.3) is 10.8 Å². The van der Waals surface area contributed by atoms with Gasteiger partial charge < -0.3 is 10.4 Å². The van der Waals surface area contributed by atoms with Gasteiger partial charge in [-0.05, 0) is 18.2 Å². The SMILES string of the molecule is CCC(=O)Nc1ccc(Cl)c2c(C(=O)O)nccc12. The van der Waals surface area contributed by atoms with Gasteiger partial charge in [0.15, 0.2) is 5.69 Å². The maximum absolute atomic E-state index is 11.5. The number of carboxylic acid groups (broad SMARTS) is 1. The lowest BCUT2D eigenvalue weighted by Gasteiger charge is -2.10. The number of amides is 1. The van der Waals surface area contributed by atoms with Crippen LogP contribution in [0, 0.1) is 0 Å². The largest absolute Gasteiger partial charge is 0.476 e. The highest BCUT2D eigenvalue weighted by atomic mass is 35.5. The summed E-state index contributed by atoms with van der Waals surface area (Å²) in [6.45, 7) is 1.73. The van der Waals surface area contributed by atoms with Crippen LogP contribution < -0.4 is 5.32 Å². The third-order valence-corrected chi connectivity index (χ3v) is 2.99. The Morgan fingerprint density at radius 1 is 1.37 bits per heavy atom. The number of halogens is 1. The summed E-state index contributed by atoms with van der Waals surface area (Å²) in [4.78, 5) is 26.4. The first-order chi connectivity index (χ1) is 9.04. The van der Waals surface area contributed by atoms with Crippen molar-refractivity contribution in [3.05, 3.63) is 35.1 Å². The van der Waals surface area contributed by atoms with E-state index in [1.54, 1.807) is 25.1 Å². The lowest BCUT2D eigenvalue weighted by atomic mass is 10.1. The summed E-state index contributed by atoms with van der Waals surface area (Å²) in [7, 11) is 0. The van der Waals surface area contributed by atoms with Gasteiger partial charge in [-0.1, -0.05) is 18.5 Å². The maximum atomic E-state index is 11.5. The molecule has 19 heavy (non-hydrogen) atoms. The van der Waals surface area contributed by atoms with Gasteiger partial charge in [-0.25, -0.2) is 9.78 Å². The first-order valence-corrected chi connectivity index (χ1v) is 6.02. The molecule has 1 heterocycles. The van der Waals surface area contributed by atoms with Crippen LogP contribution in [0.1, 0.15) is 23.8 Å². The van der Waals surface area contributed by atoms with Crippen molar-refractivity contribution in [1.82, 2.24) is 4.98 Å². The van der Waals surface area contributed by atoms with Gasteiger partial charge in [-0.3, -0.25) is 4.79 Å². The second kappa shape index (κ2) is 5.24. The molecule has 0 aliphatic heterocycles. The summed E-state index contributed by atoms with van der Waals surface area (Å²) in [6, 6.07) is 4.81. The second-order valence-electron chi connectivity index (χ2n) is 3.88. The number of anilines is 1. The molecule has 0 fully saturated rings. The lowest BCUT2D eigenvalue weighted by Crippen LogP contribution is -2.10. The van der Waals surface area contributed by atoms with Crippen molar-refractivity contribution in [1.29, 1.82) is 0 Å². The summed E-state index contributed by atoms with van der Waals surface area (Å²) >= 11 is 6.03. The molecule has 2 N–H and O–H groups in total. The molecule has 98 valence electrons. The van der Waals surface area contributed by atoms with E-state index in [2.05, 4.69) is 10.3 Å². The van der Waals surface area contributed by atoms with Gasteiger partial charge in [0.05, 0.1) is 5.02 Å². The molecular formula is C13H11ClN2O3. The van der Waals surface area contributed by atoms with E-state index in [0.717, 1.165) is 0 Å². The Morgan fingerprint density at radius 3 is 2.74 bits per heavy atom. The van der Waals surface area contributed by atoms with Gasteiger partial charge in [-0.2, -0.15) is 0 Å². The number of hydrogen-bond donors (Lipinski definition) is 2. The molecule has 2 rings (SSSR count). The number of carbonyl (C=O) groups is 2. The van der Waals surface area contributed by atoms with Crippen LogP contribution in [0.5, 0.6) is 0 Å². The molecule has 0 aliphatic carbocycles. The highest BCUT2D eigenvalue weighted by Crippen LogP contribution is 2.31. The molecule has 0 radical (unpaired) electrons. The van der Waals surface area contributed by atoms with Gasteiger partial charge in [-0.15, -0.1) is 0 Å². The van der Waals surface area contributed by atoms with Gasteiger partial charge in [0.1, 0.15) is 0 Å². The summed E-state index contributed by atoms with van der Waals surface area (Å²) in [5, 5.41) is 13.0. The number of pyridine rings is 1. The topological polar surface area (TPSA) is 79.3 Å². The summed E-state index contributed by atoms with van der Waals surface area (Å²) in [5.41, 5.74) is 0.395. The number of benzene rings is 1. The molecule has 0 bridgehead atoms. The number of fused-ring (bicyclic) bond motifs is 1. The van der Waals surface area contributed by atoms with Crippen LogP contribution in [-0.4, -0.2) is 22.0 Å². The third kappa shape index (κ3) is 2.51. The van der Waals surface area contributed by atoms with Crippen LogP contribution in [-0.2, 0) is 4.79 Å². The van der Waals surface area contributed by atoms with E-state index < -0.39 is 5.97 Å². The molecule has 1 aromatic heterocycles. The number of hydrogen-bond acceptors (Lipinski definition) is 3. The second-order valence-corrected chi connectivity index (χ2v) is 4.29. The number of carbonyl (C=O) groups excluding carboxylic acids is 1. The van der Waals surface area contributed by atoms with Crippen molar-refractivity contribution in [3.63, 3.8) is 0 Å². The molecule has 0 spiro atoms. The van der Waals surface area contributed by atoms with E-state index in [9.17, 15) is 9.59 Å². The average Bonchev–Trinajstić information content (AvgIpc) is 2.41. The minimum atomic E-state index is -1.16. The average molecular weight is 279 g/mol. The van der Waals surface area contributed by atoms with Crippen LogP contribution in [0.15, 0.2) is 24.4 Å². The number of nitrogens with one attached hydrogen (secondary N) is 1. The maximum Gasteiger partial charge on any atom is 0.355 e. The highest BCUT2D eigenvalue weighted by molar-refractivity contribution is 6.37. The zero-order chi connectivity index (χ0) is 14.0. The van der Waals surface area contributed by atoms with E-state index in [1.165, 1.54) is 6.20 Å². The lowest BCUT2D eigenvalue weighted by molar-refractivity contribution is -0.115. The standard InChI is InChI=1S/C13H11ClN2O3/c1-2-10(17)16-9-4-3-8(14)11-7(9)5-6-15-12(11)13(18)19/h3-6H,2H2,1H3,(H,16,17)(H,18,19). The molecular weight excluding hydrogens is 268 g/mol. The van der Waals surface area contributed by atoms with Gasteiger partial charge >= 0.3 is 5.97 Å². The summed E-state index contributed by atoms with van der Waals surface area (Å²) in [5.74, 6) is -1.32. The molecule has 1 amide bonds. The zero-order valence-corrected chi connectivity index (χ0v) is 10.9. The van der Waals surface area contributed by atoms with Crippen molar-refractivity contribution in [3.8, 4) is 0 Å². The Kier molecular flexibility index (Phi) is 3.66. The fourth-order valence-electron chi connectivity index (χ4n) is 1.77. The Balaban J connectivity index is 2.69.